The molecule has 3 aromatic rings. The van der Waals surface area contributed by atoms with Crippen molar-refractivity contribution in [1.29, 1.82) is 0 Å². The second kappa shape index (κ2) is 13.5. The maximum atomic E-state index is 14.0. The number of ether oxygens (including phenoxy) is 1. The monoisotopic (exact) mass is 565 g/mol. The highest BCUT2D eigenvalue weighted by Crippen LogP contribution is 2.33. The topological polar surface area (TPSA) is 96.0 Å². The Kier molecular flexibility index (Phi) is 10.3. The highest BCUT2D eigenvalue weighted by atomic mass is 32.2. The van der Waals surface area contributed by atoms with Gasteiger partial charge in [-0.05, 0) is 71.4 Å². The fraction of sp³-hybridized carbons (Fsp3) is 0.355. The van der Waals surface area contributed by atoms with Gasteiger partial charge in [0.05, 0.1) is 17.2 Å². The Bertz CT molecular complexity index is 1420. The zero-order valence-corrected chi connectivity index (χ0v) is 24.9. The SMILES string of the molecule is CCOc1ccccc1N(CC(=O)N(Cc1cccc(C)c1)C(C)C(=O)NC(C)C)S(=O)(=O)c1ccc(C)cc1. The number of carbonyl (C=O) groups is 2. The van der Waals surface area contributed by atoms with Gasteiger partial charge in [0, 0.05) is 12.6 Å². The highest BCUT2D eigenvalue weighted by molar-refractivity contribution is 7.92. The van der Waals surface area contributed by atoms with Gasteiger partial charge in [0.15, 0.2) is 0 Å². The van der Waals surface area contributed by atoms with E-state index in [1.807, 2.05) is 52.0 Å². The molecule has 0 aromatic heterocycles. The Morgan fingerprint density at radius 3 is 2.20 bits per heavy atom. The maximum Gasteiger partial charge on any atom is 0.264 e. The number of anilines is 1. The Balaban J connectivity index is 2.09. The van der Waals surface area contributed by atoms with Crippen molar-refractivity contribution in [3.05, 3.63) is 89.5 Å². The molecule has 0 spiro atoms. The predicted molar refractivity (Wildman–Crippen MR) is 158 cm³/mol. The molecule has 0 fully saturated rings. The van der Waals surface area contributed by atoms with Crippen molar-refractivity contribution < 1.29 is 22.7 Å². The number of benzene rings is 3. The molecular formula is C31H39N3O5S. The van der Waals surface area contributed by atoms with Gasteiger partial charge < -0.3 is 15.0 Å². The molecule has 3 rings (SSSR count). The van der Waals surface area contributed by atoms with E-state index in [9.17, 15) is 18.0 Å². The number of hydrogen-bond acceptors (Lipinski definition) is 5. The molecule has 0 aliphatic rings. The van der Waals surface area contributed by atoms with E-state index in [4.69, 9.17) is 4.74 Å². The number of para-hydroxylation sites is 2. The first-order chi connectivity index (χ1) is 18.9. The van der Waals surface area contributed by atoms with Gasteiger partial charge in [-0.15, -0.1) is 0 Å². The summed E-state index contributed by atoms with van der Waals surface area (Å²) in [6.45, 7) is 10.9. The fourth-order valence-electron chi connectivity index (χ4n) is 4.29. The summed E-state index contributed by atoms with van der Waals surface area (Å²) in [6, 6.07) is 19.9. The Morgan fingerprint density at radius 1 is 0.900 bits per heavy atom. The first-order valence-electron chi connectivity index (χ1n) is 13.4. The summed E-state index contributed by atoms with van der Waals surface area (Å²) in [6.07, 6.45) is 0. The van der Waals surface area contributed by atoms with Crippen LogP contribution in [0.4, 0.5) is 5.69 Å². The van der Waals surface area contributed by atoms with E-state index in [1.54, 1.807) is 50.2 Å². The van der Waals surface area contributed by atoms with Crippen LogP contribution in [0.25, 0.3) is 0 Å². The van der Waals surface area contributed by atoms with E-state index in [-0.39, 0.29) is 29.1 Å². The van der Waals surface area contributed by atoms with Crippen molar-refractivity contribution in [2.24, 2.45) is 0 Å². The van der Waals surface area contributed by atoms with Gasteiger partial charge in [0.25, 0.3) is 10.0 Å². The lowest BCUT2D eigenvalue weighted by Crippen LogP contribution is -2.52. The second-order valence-electron chi connectivity index (χ2n) is 10.1. The molecule has 0 bridgehead atoms. The van der Waals surface area contributed by atoms with Crippen LogP contribution in [0, 0.1) is 13.8 Å². The fourth-order valence-corrected chi connectivity index (χ4v) is 5.71. The molecule has 0 heterocycles. The third-order valence-corrected chi connectivity index (χ3v) is 8.13. The van der Waals surface area contributed by atoms with E-state index >= 15 is 0 Å². The summed E-state index contributed by atoms with van der Waals surface area (Å²) in [5.41, 5.74) is 3.00. The molecule has 0 aliphatic carbocycles. The van der Waals surface area contributed by atoms with Crippen LogP contribution in [0.15, 0.2) is 77.7 Å². The minimum absolute atomic E-state index is 0.0491. The molecule has 1 N–H and O–H groups in total. The first-order valence-corrected chi connectivity index (χ1v) is 14.8. The van der Waals surface area contributed by atoms with Crippen LogP contribution in [0.3, 0.4) is 0 Å². The average molecular weight is 566 g/mol. The maximum absolute atomic E-state index is 14.0. The number of rotatable bonds is 12. The zero-order valence-electron chi connectivity index (χ0n) is 24.0. The molecule has 0 saturated heterocycles. The summed E-state index contributed by atoms with van der Waals surface area (Å²) < 4.78 is 34.9. The summed E-state index contributed by atoms with van der Waals surface area (Å²) in [5.74, 6) is -0.502. The molecule has 3 aromatic carbocycles. The quantitative estimate of drug-likeness (QED) is 0.339. The molecule has 214 valence electrons. The third-order valence-electron chi connectivity index (χ3n) is 6.36. The lowest BCUT2D eigenvalue weighted by molar-refractivity contribution is -0.139. The smallest absolute Gasteiger partial charge is 0.264 e. The van der Waals surface area contributed by atoms with Gasteiger partial charge in [-0.3, -0.25) is 13.9 Å². The average Bonchev–Trinajstić information content (AvgIpc) is 2.90. The number of carbonyl (C=O) groups excluding carboxylic acids is 2. The van der Waals surface area contributed by atoms with Gasteiger partial charge in [-0.1, -0.05) is 59.7 Å². The minimum atomic E-state index is -4.18. The van der Waals surface area contributed by atoms with E-state index < -0.39 is 28.5 Å². The van der Waals surface area contributed by atoms with Crippen LogP contribution in [0.2, 0.25) is 0 Å². The van der Waals surface area contributed by atoms with Crippen molar-refractivity contribution in [2.75, 3.05) is 17.5 Å². The number of hydrogen-bond donors (Lipinski definition) is 1. The van der Waals surface area contributed by atoms with E-state index in [1.165, 1.54) is 17.0 Å². The third kappa shape index (κ3) is 7.63. The van der Waals surface area contributed by atoms with Crippen molar-refractivity contribution in [2.45, 2.75) is 65.1 Å². The highest BCUT2D eigenvalue weighted by Gasteiger charge is 2.34. The standard InChI is InChI=1S/C31H39N3O5S/c1-7-39-29-14-9-8-13-28(29)34(40(37,38)27-17-15-23(4)16-18-27)21-30(35)33(25(6)31(36)32-22(2)3)20-26-12-10-11-24(5)19-26/h8-19,22,25H,7,20-21H2,1-6H3,(H,32,36). The zero-order chi connectivity index (χ0) is 29.4. The van der Waals surface area contributed by atoms with Gasteiger partial charge in [-0.25, -0.2) is 8.42 Å². The molecule has 0 radical (unpaired) electrons. The van der Waals surface area contributed by atoms with Crippen LogP contribution in [-0.2, 0) is 26.2 Å². The summed E-state index contributed by atoms with van der Waals surface area (Å²) >= 11 is 0. The van der Waals surface area contributed by atoms with Gasteiger partial charge in [0.2, 0.25) is 11.8 Å². The molecule has 0 saturated carbocycles. The normalized spacial score (nSPS) is 12.1. The Hall–Kier alpha value is -3.85. The summed E-state index contributed by atoms with van der Waals surface area (Å²) in [7, 11) is -4.18. The van der Waals surface area contributed by atoms with Crippen LogP contribution in [0.1, 0.15) is 44.4 Å². The van der Waals surface area contributed by atoms with Crippen LogP contribution < -0.4 is 14.4 Å². The van der Waals surface area contributed by atoms with Crippen molar-refractivity contribution in [3.8, 4) is 5.75 Å². The molecular weight excluding hydrogens is 526 g/mol. The minimum Gasteiger partial charge on any atom is -0.492 e. The summed E-state index contributed by atoms with van der Waals surface area (Å²) in [5, 5.41) is 2.86. The van der Waals surface area contributed by atoms with Gasteiger partial charge >= 0.3 is 0 Å². The Morgan fingerprint density at radius 2 is 1.57 bits per heavy atom. The lowest BCUT2D eigenvalue weighted by Gasteiger charge is -2.32. The molecule has 1 atom stereocenters. The van der Waals surface area contributed by atoms with E-state index in [0.29, 0.717) is 12.4 Å². The van der Waals surface area contributed by atoms with E-state index in [0.717, 1.165) is 21.0 Å². The number of sulfonamides is 1. The number of nitrogens with one attached hydrogen (secondary N) is 1. The molecule has 9 heteroatoms. The Labute approximate surface area is 238 Å². The lowest BCUT2D eigenvalue weighted by atomic mass is 10.1. The molecule has 2 amide bonds. The second-order valence-corrected chi connectivity index (χ2v) is 11.9. The summed E-state index contributed by atoms with van der Waals surface area (Å²) in [4.78, 5) is 28.6. The van der Waals surface area contributed by atoms with Crippen molar-refractivity contribution in [1.82, 2.24) is 10.2 Å². The van der Waals surface area contributed by atoms with Crippen LogP contribution in [-0.4, -0.2) is 50.4 Å². The number of nitrogens with zero attached hydrogens (tertiary/aromatic N) is 2. The molecule has 1 unspecified atom stereocenters. The van der Waals surface area contributed by atoms with E-state index in [2.05, 4.69) is 5.32 Å². The van der Waals surface area contributed by atoms with Gasteiger partial charge in [-0.2, -0.15) is 0 Å². The molecule has 0 aliphatic heterocycles. The molecule has 8 nitrogen and oxygen atoms in total. The van der Waals surface area contributed by atoms with Crippen molar-refractivity contribution in [3.63, 3.8) is 0 Å². The molecule has 40 heavy (non-hydrogen) atoms. The number of aryl methyl sites for hydroxylation is 2. The largest absolute Gasteiger partial charge is 0.492 e. The number of amides is 2. The predicted octanol–water partition coefficient (Wildman–Crippen LogP) is 4.84. The van der Waals surface area contributed by atoms with Crippen LogP contribution >= 0.6 is 0 Å². The van der Waals surface area contributed by atoms with Gasteiger partial charge in [0.1, 0.15) is 18.3 Å². The first kappa shape index (κ1) is 30.7. The van der Waals surface area contributed by atoms with Crippen LogP contribution in [0.5, 0.6) is 5.75 Å². The van der Waals surface area contributed by atoms with Crippen molar-refractivity contribution >= 4 is 27.5 Å².